The first-order valence-corrected chi connectivity index (χ1v) is 7.75. The predicted octanol–water partition coefficient (Wildman–Crippen LogP) is 3.16. The van der Waals surface area contributed by atoms with Gasteiger partial charge in [0.15, 0.2) is 0 Å². The fourth-order valence-corrected chi connectivity index (χ4v) is 3.02. The van der Waals surface area contributed by atoms with Crippen LogP contribution in [0.1, 0.15) is 6.92 Å². The molecule has 110 valence electrons. The Hall–Kier alpha value is -2.66. The van der Waals surface area contributed by atoms with Gasteiger partial charge in [0, 0.05) is 18.0 Å². The molecule has 1 aromatic heterocycles. The summed E-state index contributed by atoms with van der Waals surface area (Å²) in [5.74, 6) is -0.186. The first kappa shape index (κ1) is 14.3. The minimum absolute atomic E-state index is 0.186. The zero-order valence-electron chi connectivity index (χ0n) is 12.1. The van der Waals surface area contributed by atoms with Gasteiger partial charge in [-0.15, -0.1) is 16.4 Å². The van der Waals surface area contributed by atoms with E-state index < -0.39 is 0 Å². The summed E-state index contributed by atoms with van der Waals surface area (Å²) in [5, 5.41) is 6.25. The molecule has 0 unspecified atom stereocenters. The van der Waals surface area contributed by atoms with E-state index in [1.807, 2.05) is 58.5 Å². The third-order valence-electron chi connectivity index (χ3n) is 3.10. The molecular formula is C17H15N3OS. The van der Waals surface area contributed by atoms with E-state index in [1.165, 1.54) is 18.3 Å². The Labute approximate surface area is 132 Å². The minimum atomic E-state index is -0.186. The smallest absolute Gasteiger partial charge is 0.237 e. The number of amides is 1. The minimum Gasteiger partial charge on any atom is -0.284 e. The number of para-hydroxylation sites is 1. The summed E-state index contributed by atoms with van der Waals surface area (Å²) in [5.41, 5.74) is 5.66. The lowest BCUT2D eigenvalue weighted by molar-refractivity contribution is -0.119. The van der Waals surface area contributed by atoms with Gasteiger partial charge in [-0.1, -0.05) is 48.5 Å². The molecule has 2 aromatic carbocycles. The monoisotopic (exact) mass is 309 g/mol. The quantitative estimate of drug-likeness (QED) is 0.742. The highest BCUT2D eigenvalue weighted by molar-refractivity contribution is 7.07. The van der Waals surface area contributed by atoms with Gasteiger partial charge in [0.05, 0.1) is 5.69 Å². The Morgan fingerprint density at radius 3 is 2.32 bits per heavy atom. The van der Waals surface area contributed by atoms with Crippen LogP contribution in [0.15, 0.2) is 71.1 Å². The first-order valence-electron chi connectivity index (χ1n) is 6.87. The SMILES string of the molecule is CC(=O)NN=c1scc(-c2ccccc2)n1-c1ccccc1. The van der Waals surface area contributed by atoms with E-state index in [9.17, 15) is 4.79 Å². The lowest BCUT2D eigenvalue weighted by atomic mass is 10.1. The summed E-state index contributed by atoms with van der Waals surface area (Å²) >= 11 is 1.49. The summed E-state index contributed by atoms with van der Waals surface area (Å²) in [4.78, 5) is 11.9. The van der Waals surface area contributed by atoms with E-state index in [4.69, 9.17) is 0 Å². The average molecular weight is 309 g/mol. The third-order valence-corrected chi connectivity index (χ3v) is 3.93. The zero-order valence-corrected chi connectivity index (χ0v) is 12.9. The van der Waals surface area contributed by atoms with Crippen LogP contribution in [0.5, 0.6) is 0 Å². The van der Waals surface area contributed by atoms with Gasteiger partial charge in [-0.25, -0.2) is 5.43 Å². The molecule has 0 saturated heterocycles. The number of hydrogen-bond donors (Lipinski definition) is 1. The maximum absolute atomic E-state index is 11.1. The molecule has 5 heteroatoms. The Morgan fingerprint density at radius 1 is 1.05 bits per heavy atom. The number of nitrogens with zero attached hydrogens (tertiary/aromatic N) is 2. The number of benzene rings is 2. The summed E-state index contributed by atoms with van der Waals surface area (Å²) < 4.78 is 2.04. The van der Waals surface area contributed by atoms with E-state index in [0.717, 1.165) is 21.7 Å². The highest BCUT2D eigenvalue weighted by Gasteiger charge is 2.09. The maximum atomic E-state index is 11.1. The average Bonchev–Trinajstić information content (AvgIpc) is 2.98. The standard InChI is InChI=1S/C17H15N3OS/c1-13(21)18-19-17-20(15-10-6-3-7-11-15)16(12-22-17)14-8-4-2-5-9-14/h2-12H,1H3,(H,18,21). The number of hydrogen-bond acceptors (Lipinski definition) is 3. The van der Waals surface area contributed by atoms with E-state index >= 15 is 0 Å². The van der Waals surface area contributed by atoms with Crippen molar-refractivity contribution in [2.24, 2.45) is 5.10 Å². The van der Waals surface area contributed by atoms with Gasteiger partial charge in [0.25, 0.3) is 0 Å². The van der Waals surface area contributed by atoms with Crippen molar-refractivity contribution in [3.8, 4) is 16.9 Å². The predicted molar refractivity (Wildman–Crippen MR) is 88.5 cm³/mol. The summed E-state index contributed by atoms with van der Waals surface area (Å²) in [6.07, 6.45) is 0. The normalized spacial score (nSPS) is 11.4. The molecule has 3 aromatic rings. The van der Waals surface area contributed by atoms with Crippen LogP contribution in [0.4, 0.5) is 0 Å². The van der Waals surface area contributed by atoms with Crippen LogP contribution in [0, 0.1) is 0 Å². The number of carbonyl (C=O) groups excluding carboxylic acids is 1. The molecule has 0 aliphatic rings. The molecule has 1 amide bonds. The molecule has 0 spiro atoms. The molecule has 1 heterocycles. The van der Waals surface area contributed by atoms with E-state index in [0.29, 0.717) is 0 Å². The van der Waals surface area contributed by atoms with Crippen molar-refractivity contribution < 1.29 is 4.79 Å². The molecule has 22 heavy (non-hydrogen) atoms. The Morgan fingerprint density at radius 2 is 1.68 bits per heavy atom. The molecular weight excluding hydrogens is 294 g/mol. The van der Waals surface area contributed by atoms with Gasteiger partial charge < -0.3 is 0 Å². The largest absolute Gasteiger partial charge is 0.284 e. The van der Waals surface area contributed by atoms with E-state index in [2.05, 4.69) is 22.7 Å². The van der Waals surface area contributed by atoms with Gasteiger partial charge in [-0.3, -0.25) is 9.36 Å². The number of aromatic nitrogens is 1. The Kier molecular flexibility index (Phi) is 4.16. The molecule has 0 atom stereocenters. The lowest BCUT2D eigenvalue weighted by Gasteiger charge is -2.09. The van der Waals surface area contributed by atoms with Crippen molar-refractivity contribution >= 4 is 17.2 Å². The van der Waals surface area contributed by atoms with E-state index in [-0.39, 0.29) is 5.91 Å². The van der Waals surface area contributed by atoms with Gasteiger partial charge in [-0.05, 0) is 17.7 Å². The first-order chi connectivity index (χ1) is 10.8. The van der Waals surface area contributed by atoms with Crippen molar-refractivity contribution in [3.63, 3.8) is 0 Å². The fraction of sp³-hybridized carbons (Fsp3) is 0.0588. The van der Waals surface area contributed by atoms with Crippen LogP contribution in [-0.2, 0) is 4.79 Å². The summed E-state index contributed by atoms with van der Waals surface area (Å²) in [7, 11) is 0. The van der Waals surface area contributed by atoms with Crippen LogP contribution in [0.2, 0.25) is 0 Å². The van der Waals surface area contributed by atoms with Gasteiger partial charge in [0.2, 0.25) is 10.7 Å². The molecule has 4 nitrogen and oxygen atoms in total. The molecule has 0 bridgehead atoms. The molecule has 1 N–H and O–H groups in total. The van der Waals surface area contributed by atoms with Crippen LogP contribution < -0.4 is 10.2 Å². The molecule has 0 radical (unpaired) electrons. The third kappa shape index (κ3) is 2.99. The second-order valence-electron chi connectivity index (χ2n) is 4.72. The fourth-order valence-electron chi connectivity index (χ4n) is 2.15. The second kappa shape index (κ2) is 6.41. The zero-order chi connectivity index (χ0) is 15.4. The van der Waals surface area contributed by atoms with Gasteiger partial charge >= 0.3 is 0 Å². The summed E-state index contributed by atoms with van der Waals surface area (Å²) in [6, 6.07) is 20.1. The number of nitrogens with one attached hydrogen (secondary N) is 1. The maximum Gasteiger partial charge on any atom is 0.237 e. The van der Waals surface area contributed by atoms with E-state index in [1.54, 1.807) is 0 Å². The van der Waals surface area contributed by atoms with Gasteiger partial charge in [0.1, 0.15) is 0 Å². The van der Waals surface area contributed by atoms with Crippen molar-refractivity contribution in [2.75, 3.05) is 0 Å². The highest BCUT2D eigenvalue weighted by Crippen LogP contribution is 2.22. The molecule has 0 fully saturated rings. The number of rotatable bonds is 3. The topological polar surface area (TPSA) is 46.4 Å². The van der Waals surface area contributed by atoms with Crippen LogP contribution in [0.3, 0.4) is 0 Å². The molecule has 0 aliphatic carbocycles. The second-order valence-corrected chi connectivity index (χ2v) is 5.56. The van der Waals surface area contributed by atoms with Crippen LogP contribution in [0.25, 0.3) is 16.9 Å². The van der Waals surface area contributed by atoms with Crippen molar-refractivity contribution in [1.29, 1.82) is 0 Å². The highest BCUT2D eigenvalue weighted by atomic mass is 32.1. The Balaban J connectivity index is 2.20. The van der Waals surface area contributed by atoms with Crippen LogP contribution in [-0.4, -0.2) is 10.5 Å². The molecule has 0 aliphatic heterocycles. The van der Waals surface area contributed by atoms with Gasteiger partial charge in [-0.2, -0.15) is 0 Å². The Bertz CT molecular complexity index is 835. The number of carbonyl (C=O) groups is 1. The van der Waals surface area contributed by atoms with Crippen molar-refractivity contribution in [1.82, 2.24) is 9.99 Å². The summed E-state index contributed by atoms with van der Waals surface area (Å²) in [6.45, 7) is 1.45. The van der Waals surface area contributed by atoms with Crippen molar-refractivity contribution in [3.05, 3.63) is 70.8 Å². The molecule has 0 saturated carbocycles. The molecule has 3 rings (SSSR count). The van der Waals surface area contributed by atoms with Crippen LogP contribution >= 0.6 is 11.3 Å². The lowest BCUT2D eigenvalue weighted by Crippen LogP contribution is -2.21. The number of thiazole rings is 1. The van der Waals surface area contributed by atoms with Crippen molar-refractivity contribution in [2.45, 2.75) is 6.92 Å².